The Morgan fingerprint density at radius 3 is 2.35 bits per heavy atom. The zero-order valence-corrected chi connectivity index (χ0v) is 12.0. The first-order valence-electron chi connectivity index (χ1n) is 6.14. The third kappa shape index (κ3) is 4.35. The van der Waals surface area contributed by atoms with E-state index in [-0.39, 0.29) is 21.9 Å². The van der Waals surface area contributed by atoms with E-state index in [0.717, 1.165) is 6.42 Å². The Labute approximate surface area is 121 Å². The monoisotopic (exact) mass is 297 g/mol. The largest absolute Gasteiger partial charge is 0.478 e. The maximum absolute atomic E-state index is 11.1. The lowest BCUT2D eigenvalue weighted by Gasteiger charge is -2.07. The van der Waals surface area contributed by atoms with Crippen LogP contribution >= 0.6 is 11.6 Å². The number of halogens is 1. The quantitative estimate of drug-likeness (QED) is 0.790. The molecule has 1 aromatic carbocycles. The van der Waals surface area contributed by atoms with Crippen LogP contribution in [0.25, 0.3) is 0 Å². The highest BCUT2D eigenvalue weighted by molar-refractivity contribution is 6.70. The third-order valence-corrected chi connectivity index (χ3v) is 3.00. The van der Waals surface area contributed by atoms with Crippen molar-refractivity contribution in [2.45, 2.75) is 20.3 Å². The summed E-state index contributed by atoms with van der Waals surface area (Å²) in [4.78, 5) is 26.2. The predicted molar refractivity (Wildman–Crippen MR) is 77.1 cm³/mol. The van der Waals surface area contributed by atoms with Crippen molar-refractivity contribution >= 4 is 28.7 Å². The summed E-state index contributed by atoms with van der Waals surface area (Å²) < 4.78 is 0. The molecule has 0 aliphatic carbocycles. The van der Waals surface area contributed by atoms with Crippen molar-refractivity contribution in [3.63, 3.8) is 0 Å². The molecule has 0 aliphatic heterocycles. The zero-order chi connectivity index (χ0) is 15.3. The Bertz CT molecular complexity index is 552. The van der Waals surface area contributed by atoms with Gasteiger partial charge in [-0.25, -0.2) is 9.59 Å². The molecule has 0 radical (unpaired) electrons. The molecule has 0 saturated carbocycles. The van der Waals surface area contributed by atoms with Crippen molar-refractivity contribution in [1.82, 2.24) is 0 Å². The lowest BCUT2D eigenvalue weighted by molar-refractivity contribution is 0.0681. The molecule has 0 amide bonds. The third-order valence-electron chi connectivity index (χ3n) is 2.68. The Kier molecular flexibility index (Phi) is 5.70. The fraction of sp³-hybridized carbons (Fsp3) is 0.357. The Morgan fingerprint density at radius 1 is 1.20 bits per heavy atom. The van der Waals surface area contributed by atoms with Gasteiger partial charge in [0.25, 0.3) is 0 Å². The van der Waals surface area contributed by atoms with Gasteiger partial charge in [-0.15, -0.1) is 0 Å². The van der Waals surface area contributed by atoms with Crippen LogP contribution < -0.4 is 0 Å². The first kappa shape index (κ1) is 16.2. The number of hydrogen-bond donors (Lipinski definition) is 2. The van der Waals surface area contributed by atoms with E-state index >= 15 is 0 Å². The van der Waals surface area contributed by atoms with Gasteiger partial charge in [-0.2, -0.15) is 0 Å². The van der Waals surface area contributed by atoms with Crippen LogP contribution in [0.2, 0.25) is 0 Å². The maximum Gasteiger partial charge on any atom is 0.336 e. The maximum atomic E-state index is 11.1. The Morgan fingerprint density at radius 2 is 1.85 bits per heavy atom. The smallest absolute Gasteiger partial charge is 0.336 e. The van der Waals surface area contributed by atoms with E-state index in [1.165, 1.54) is 18.2 Å². The molecule has 0 fully saturated rings. The van der Waals surface area contributed by atoms with Crippen LogP contribution in [-0.4, -0.2) is 33.9 Å². The Hall–Kier alpha value is -1.88. The molecular weight excluding hydrogens is 282 g/mol. The highest BCUT2D eigenvalue weighted by atomic mass is 35.5. The second-order valence-electron chi connectivity index (χ2n) is 4.73. The number of aromatic carboxylic acids is 2. The van der Waals surface area contributed by atoms with Crippen molar-refractivity contribution < 1.29 is 19.8 Å². The lowest BCUT2D eigenvalue weighted by Crippen LogP contribution is -2.09. The van der Waals surface area contributed by atoms with Gasteiger partial charge < -0.3 is 10.2 Å². The molecule has 108 valence electrons. The number of rotatable bonds is 6. The van der Waals surface area contributed by atoms with Gasteiger partial charge in [0, 0.05) is 12.1 Å². The van der Waals surface area contributed by atoms with Crippen molar-refractivity contribution in [2.75, 3.05) is 6.54 Å². The van der Waals surface area contributed by atoms with Crippen LogP contribution in [0.5, 0.6) is 0 Å². The number of benzene rings is 1. The summed E-state index contributed by atoms with van der Waals surface area (Å²) in [5.74, 6) is -1.86. The fourth-order valence-electron chi connectivity index (χ4n) is 1.54. The van der Waals surface area contributed by atoms with Crippen LogP contribution in [0.1, 0.15) is 46.5 Å². The molecule has 0 atom stereocenters. The van der Waals surface area contributed by atoms with E-state index in [1.807, 2.05) is 13.8 Å². The lowest BCUT2D eigenvalue weighted by atomic mass is 10.0. The molecule has 1 aromatic rings. The summed E-state index contributed by atoms with van der Waals surface area (Å²) in [7, 11) is 0. The van der Waals surface area contributed by atoms with Gasteiger partial charge in [-0.3, -0.25) is 4.99 Å². The highest BCUT2D eigenvalue weighted by Gasteiger charge is 2.16. The first-order valence-corrected chi connectivity index (χ1v) is 6.51. The minimum Gasteiger partial charge on any atom is -0.478 e. The number of carbonyl (C=O) groups is 2. The summed E-state index contributed by atoms with van der Waals surface area (Å²) in [6.07, 6.45) is 0.817. The molecule has 0 bridgehead atoms. The molecule has 6 heteroatoms. The van der Waals surface area contributed by atoms with Gasteiger partial charge in [0.1, 0.15) is 5.17 Å². The van der Waals surface area contributed by atoms with Crippen LogP contribution in [0.15, 0.2) is 23.2 Å². The molecule has 0 aromatic heterocycles. The van der Waals surface area contributed by atoms with E-state index < -0.39 is 11.9 Å². The minimum absolute atomic E-state index is 0.0196. The summed E-state index contributed by atoms with van der Waals surface area (Å²) in [6, 6.07) is 3.68. The van der Waals surface area contributed by atoms with Gasteiger partial charge in [-0.1, -0.05) is 25.4 Å². The molecule has 0 aliphatic rings. The average molecular weight is 298 g/mol. The van der Waals surface area contributed by atoms with Crippen LogP contribution in [0.4, 0.5) is 0 Å². The van der Waals surface area contributed by atoms with Gasteiger partial charge in [0.2, 0.25) is 0 Å². The SMILES string of the molecule is CC(C)CCN=C(Cl)c1cc(C(=O)O)ccc1C(=O)O. The van der Waals surface area contributed by atoms with Crippen molar-refractivity contribution in [1.29, 1.82) is 0 Å². The molecule has 2 N–H and O–H groups in total. The number of carboxylic acid groups (broad SMARTS) is 2. The Balaban J connectivity index is 3.15. The first-order chi connectivity index (χ1) is 9.32. The topological polar surface area (TPSA) is 87.0 Å². The normalized spacial score (nSPS) is 11.7. The molecular formula is C14H16ClNO4. The summed E-state index contributed by atoms with van der Waals surface area (Å²) >= 11 is 6.01. The number of aliphatic imine (C=N–C) groups is 1. The van der Waals surface area contributed by atoms with Gasteiger partial charge in [0.15, 0.2) is 0 Å². The van der Waals surface area contributed by atoms with Crippen molar-refractivity contribution in [3.05, 3.63) is 34.9 Å². The van der Waals surface area contributed by atoms with E-state index in [1.54, 1.807) is 0 Å². The predicted octanol–water partition coefficient (Wildman–Crippen LogP) is 3.11. The van der Waals surface area contributed by atoms with E-state index in [2.05, 4.69) is 4.99 Å². The standard InChI is InChI=1S/C14H16ClNO4/c1-8(2)5-6-16-12(15)11-7-9(13(17)18)3-4-10(11)14(19)20/h3-4,7-8H,5-6H2,1-2H3,(H,17,18)(H,19,20). The molecule has 1 rings (SSSR count). The van der Waals surface area contributed by atoms with Crippen LogP contribution in [-0.2, 0) is 0 Å². The number of hydrogen-bond acceptors (Lipinski definition) is 3. The molecule has 0 saturated heterocycles. The van der Waals surface area contributed by atoms with E-state index in [9.17, 15) is 9.59 Å². The van der Waals surface area contributed by atoms with Gasteiger partial charge >= 0.3 is 11.9 Å². The zero-order valence-electron chi connectivity index (χ0n) is 11.3. The van der Waals surface area contributed by atoms with Gasteiger partial charge in [-0.05, 0) is 30.5 Å². The number of nitrogens with zero attached hydrogens (tertiary/aromatic N) is 1. The van der Waals surface area contributed by atoms with Crippen LogP contribution in [0.3, 0.4) is 0 Å². The van der Waals surface area contributed by atoms with Gasteiger partial charge in [0.05, 0.1) is 11.1 Å². The molecule has 0 heterocycles. The highest BCUT2D eigenvalue weighted by Crippen LogP contribution is 2.16. The van der Waals surface area contributed by atoms with E-state index in [4.69, 9.17) is 21.8 Å². The number of carboxylic acids is 2. The summed E-state index contributed by atoms with van der Waals surface area (Å²) in [6.45, 7) is 4.54. The minimum atomic E-state index is -1.17. The molecule has 0 spiro atoms. The van der Waals surface area contributed by atoms with Crippen LogP contribution in [0, 0.1) is 5.92 Å². The summed E-state index contributed by atoms with van der Waals surface area (Å²) in [5, 5.41) is 18.1. The molecule has 0 unspecified atom stereocenters. The molecule has 20 heavy (non-hydrogen) atoms. The average Bonchev–Trinajstić information content (AvgIpc) is 2.37. The fourth-order valence-corrected chi connectivity index (χ4v) is 1.78. The molecule has 5 nitrogen and oxygen atoms in total. The second-order valence-corrected chi connectivity index (χ2v) is 5.08. The van der Waals surface area contributed by atoms with Crippen molar-refractivity contribution in [3.8, 4) is 0 Å². The van der Waals surface area contributed by atoms with E-state index in [0.29, 0.717) is 12.5 Å². The summed E-state index contributed by atoms with van der Waals surface area (Å²) in [5.41, 5.74) is 0.0401. The van der Waals surface area contributed by atoms with Crippen molar-refractivity contribution in [2.24, 2.45) is 10.9 Å². The second kappa shape index (κ2) is 7.05.